The monoisotopic (exact) mass is 179 g/mol. The highest BCUT2D eigenvalue weighted by Gasteiger charge is 2.33. The largest absolute Gasteiger partial charge is 0.394 e. The first kappa shape index (κ1) is 11.2. The van der Waals surface area contributed by atoms with Crippen LogP contribution in [0, 0.1) is 5.92 Å². The average Bonchev–Trinajstić information content (AvgIpc) is 1.84. The van der Waals surface area contributed by atoms with Gasteiger partial charge in [-0.15, -0.1) is 0 Å². The van der Waals surface area contributed by atoms with Crippen LogP contribution in [-0.4, -0.2) is 11.9 Å². The van der Waals surface area contributed by atoms with E-state index >= 15 is 0 Å². The molecule has 0 N–H and O–H groups in total. The van der Waals surface area contributed by atoms with Crippen molar-refractivity contribution in [3.8, 4) is 0 Å². The number of nitrogens with zero attached hydrogens (tertiary/aromatic N) is 1. The minimum Gasteiger partial charge on any atom is -0.267 e. The molecule has 0 heterocycles. The van der Waals surface area contributed by atoms with E-state index in [1.165, 1.54) is 6.20 Å². The van der Waals surface area contributed by atoms with Crippen LogP contribution < -0.4 is 0 Å². The molecule has 70 valence electrons. The normalized spacial score (nSPS) is 14.8. The van der Waals surface area contributed by atoms with Crippen molar-refractivity contribution in [2.45, 2.75) is 26.9 Å². The molecule has 0 aromatic heterocycles. The highest BCUT2D eigenvalue weighted by molar-refractivity contribution is 5.79. The summed E-state index contributed by atoms with van der Waals surface area (Å²) < 4.78 is 35.6. The lowest BCUT2D eigenvalue weighted by Gasteiger charge is -2.09. The molecule has 1 unspecified atom stereocenters. The number of allylic oxidation sites excluding steroid dienone is 1. The Morgan fingerprint density at radius 3 is 2.17 bits per heavy atom. The molecule has 0 saturated heterocycles. The molecular formula is C8H12F3N. The molecule has 0 fully saturated rings. The quantitative estimate of drug-likeness (QED) is 0.577. The Hall–Kier alpha value is -0.800. The minimum absolute atomic E-state index is 0.737. The second kappa shape index (κ2) is 4.28. The Labute approximate surface area is 70.0 Å². The number of halogens is 3. The zero-order valence-corrected chi connectivity index (χ0v) is 7.31. The topological polar surface area (TPSA) is 12.4 Å². The summed E-state index contributed by atoms with van der Waals surface area (Å²) in [5, 5.41) is 0. The average molecular weight is 179 g/mol. The third kappa shape index (κ3) is 4.93. The maximum absolute atomic E-state index is 11.9. The number of rotatable bonds is 2. The van der Waals surface area contributed by atoms with Crippen molar-refractivity contribution >= 4 is 5.71 Å². The second-order valence-corrected chi connectivity index (χ2v) is 2.75. The smallest absolute Gasteiger partial charge is 0.267 e. The maximum atomic E-state index is 11.9. The summed E-state index contributed by atoms with van der Waals surface area (Å²) in [7, 11) is 0. The van der Waals surface area contributed by atoms with Gasteiger partial charge in [0.15, 0.2) is 0 Å². The third-order valence-corrected chi connectivity index (χ3v) is 1.22. The van der Waals surface area contributed by atoms with E-state index in [2.05, 4.69) is 4.99 Å². The number of aliphatic imine (C=N–C) groups is 1. The fraction of sp³-hybridized carbons (Fsp3) is 0.625. The molecule has 0 aromatic rings. The predicted octanol–water partition coefficient (Wildman–Crippen LogP) is 3.18. The van der Waals surface area contributed by atoms with Gasteiger partial charge in [-0.25, -0.2) is 0 Å². The van der Waals surface area contributed by atoms with Gasteiger partial charge in [-0.1, -0.05) is 13.0 Å². The van der Waals surface area contributed by atoms with E-state index in [0.29, 0.717) is 0 Å². The van der Waals surface area contributed by atoms with Crippen molar-refractivity contribution in [2.24, 2.45) is 10.9 Å². The summed E-state index contributed by atoms with van der Waals surface area (Å²) in [6.45, 7) is 4.54. The van der Waals surface area contributed by atoms with E-state index in [0.717, 1.165) is 18.7 Å². The third-order valence-electron chi connectivity index (χ3n) is 1.22. The first-order valence-electron chi connectivity index (χ1n) is 3.58. The van der Waals surface area contributed by atoms with Gasteiger partial charge in [-0.3, -0.25) is 4.99 Å². The zero-order chi connectivity index (χ0) is 9.78. The lowest BCUT2D eigenvalue weighted by molar-refractivity contribution is -0.156. The molecule has 0 amide bonds. The minimum atomic E-state index is -4.16. The summed E-state index contributed by atoms with van der Waals surface area (Å²) in [6, 6.07) is 0. The predicted molar refractivity (Wildman–Crippen MR) is 43.1 cm³/mol. The zero-order valence-electron chi connectivity index (χ0n) is 7.31. The molecule has 1 nitrogen and oxygen atoms in total. The molecule has 0 bridgehead atoms. The van der Waals surface area contributed by atoms with Crippen LogP contribution in [0.5, 0.6) is 0 Å². The lowest BCUT2D eigenvalue weighted by atomic mass is 10.2. The van der Waals surface area contributed by atoms with Crippen molar-refractivity contribution in [3.63, 3.8) is 0 Å². The van der Waals surface area contributed by atoms with Crippen LogP contribution in [0.4, 0.5) is 13.2 Å². The van der Waals surface area contributed by atoms with E-state index in [-0.39, 0.29) is 0 Å². The molecular weight excluding hydrogens is 167 g/mol. The molecule has 0 radical (unpaired) electrons. The molecule has 0 spiro atoms. The fourth-order valence-electron chi connectivity index (χ4n) is 0.430. The molecule has 0 aromatic carbocycles. The molecule has 0 aliphatic rings. The van der Waals surface area contributed by atoms with Gasteiger partial charge >= 0.3 is 6.18 Å². The molecule has 1 atom stereocenters. The Bertz CT molecular complexity index is 187. The second-order valence-electron chi connectivity index (χ2n) is 2.75. The maximum Gasteiger partial charge on any atom is 0.394 e. The van der Waals surface area contributed by atoms with Crippen LogP contribution in [0.15, 0.2) is 17.3 Å². The number of hydrogen-bond donors (Lipinski definition) is 0. The van der Waals surface area contributed by atoms with Gasteiger partial charge in [0, 0.05) is 11.9 Å². The van der Waals surface area contributed by atoms with Crippen molar-refractivity contribution in [1.29, 1.82) is 0 Å². The summed E-state index contributed by atoms with van der Waals surface area (Å²) in [6.07, 6.45) is -1.94. The van der Waals surface area contributed by atoms with Crippen LogP contribution >= 0.6 is 0 Å². The van der Waals surface area contributed by atoms with Gasteiger partial charge in [0.2, 0.25) is 0 Å². The standard InChI is InChI=1S/C8H12F3N/c1-6(2)12-5-4-7(3)8(9,10)11/h4-5,7H,1-3H3/b5-4-. The van der Waals surface area contributed by atoms with Crippen molar-refractivity contribution in [1.82, 2.24) is 0 Å². The van der Waals surface area contributed by atoms with Crippen molar-refractivity contribution in [2.75, 3.05) is 0 Å². The lowest BCUT2D eigenvalue weighted by Crippen LogP contribution is -2.17. The van der Waals surface area contributed by atoms with Gasteiger partial charge in [0.05, 0.1) is 5.92 Å². The summed E-state index contributed by atoms with van der Waals surface area (Å²) >= 11 is 0. The summed E-state index contributed by atoms with van der Waals surface area (Å²) in [5.41, 5.74) is 0.737. The SMILES string of the molecule is CC(C)=N/C=C\C(C)C(F)(F)F. The van der Waals surface area contributed by atoms with Crippen LogP contribution in [0.25, 0.3) is 0 Å². The van der Waals surface area contributed by atoms with Gasteiger partial charge in [0.25, 0.3) is 0 Å². The van der Waals surface area contributed by atoms with Crippen molar-refractivity contribution in [3.05, 3.63) is 12.3 Å². The van der Waals surface area contributed by atoms with Crippen LogP contribution in [-0.2, 0) is 0 Å². The highest BCUT2D eigenvalue weighted by Crippen LogP contribution is 2.26. The van der Waals surface area contributed by atoms with Crippen LogP contribution in [0.2, 0.25) is 0 Å². The summed E-state index contributed by atoms with van der Waals surface area (Å²) in [5.74, 6) is -1.43. The number of hydrogen-bond acceptors (Lipinski definition) is 1. The Kier molecular flexibility index (Phi) is 4.00. The number of alkyl halides is 3. The van der Waals surface area contributed by atoms with Gasteiger partial charge in [-0.05, 0) is 13.8 Å². The molecule has 0 rings (SSSR count). The molecule has 0 aliphatic carbocycles. The van der Waals surface area contributed by atoms with E-state index in [4.69, 9.17) is 0 Å². The summed E-state index contributed by atoms with van der Waals surface area (Å²) in [4.78, 5) is 3.71. The van der Waals surface area contributed by atoms with E-state index in [9.17, 15) is 13.2 Å². The van der Waals surface area contributed by atoms with E-state index in [1.54, 1.807) is 13.8 Å². The molecule has 0 saturated carbocycles. The Morgan fingerprint density at radius 2 is 1.83 bits per heavy atom. The Morgan fingerprint density at radius 1 is 1.33 bits per heavy atom. The van der Waals surface area contributed by atoms with Gasteiger partial charge in [-0.2, -0.15) is 13.2 Å². The fourth-order valence-corrected chi connectivity index (χ4v) is 0.430. The van der Waals surface area contributed by atoms with Gasteiger partial charge in [0.1, 0.15) is 0 Å². The van der Waals surface area contributed by atoms with Crippen LogP contribution in [0.3, 0.4) is 0 Å². The van der Waals surface area contributed by atoms with E-state index in [1.807, 2.05) is 0 Å². The van der Waals surface area contributed by atoms with Crippen molar-refractivity contribution < 1.29 is 13.2 Å². The van der Waals surface area contributed by atoms with Gasteiger partial charge < -0.3 is 0 Å². The van der Waals surface area contributed by atoms with Crippen LogP contribution in [0.1, 0.15) is 20.8 Å². The first-order chi connectivity index (χ1) is 5.34. The molecule has 12 heavy (non-hydrogen) atoms. The highest BCUT2D eigenvalue weighted by atomic mass is 19.4. The van der Waals surface area contributed by atoms with E-state index < -0.39 is 12.1 Å². The Balaban J connectivity index is 4.10. The first-order valence-corrected chi connectivity index (χ1v) is 3.58. The molecule has 4 heteroatoms. The molecule has 0 aliphatic heterocycles.